The molecular formula is C10H20N4O3. The van der Waals surface area contributed by atoms with E-state index in [1.54, 1.807) is 6.92 Å². The molecule has 0 aromatic heterocycles. The molecule has 0 aliphatic rings. The molecule has 0 heterocycles. The number of amidine groups is 1. The fourth-order valence-corrected chi connectivity index (χ4v) is 1.31. The zero-order valence-electron chi connectivity index (χ0n) is 10.2. The largest absolute Gasteiger partial charge is 0.409 e. The molecule has 7 heteroatoms. The van der Waals surface area contributed by atoms with E-state index in [0.717, 1.165) is 0 Å². The lowest BCUT2D eigenvalue weighted by molar-refractivity contribution is -0.123. The molecule has 0 fully saturated rings. The van der Waals surface area contributed by atoms with Crippen LogP contribution in [-0.4, -0.2) is 35.9 Å². The maximum absolute atomic E-state index is 11.6. The van der Waals surface area contributed by atoms with E-state index in [-0.39, 0.29) is 30.6 Å². The first-order valence-electron chi connectivity index (χ1n) is 5.58. The van der Waals surface area contributed by atoms with Crippen molar-refractivity contribution >= 4 is 17.6 Å². The molecule has 0 rings (SSSR count). The van der Waals surface area contributed by atoms with Crippen molar-refractivity contribution in [3.63, 3.8) is 0 Å². The van der Waals surface area contributed by atoms with Gasteiger partial charge in [0.15, 0.2) is 5.84 Å². The van der Waals surface area contributed by atoms with Gasteiger partial charge in [0, 0.05) is 19.5 Å². The van der Waals surface area contributed by atoms with Crippen molar-refractivity contribution < 1.29 is 14.8 Å². The van der Waals surface area contributed by atoms with Crippen molar-refractivity contribution in [2.24, 2.45) is 16.8 Å². The summed E-state index contributed by atoms with van der Waals surface area (Å²) in [5, 5.41) is 16.5. The first-order chi connectivity index (χ1) is 8.06. The van der Waals surface area contributed by atoms with Gasteiger partial charge in [-0.25, -0.2) is 0 Å². The summed E-state index contributed by atoms with van der Waals surface area (Å²) in [4.78, 5) is 22.7. The van der Waals surface area contributed by atoms with Crippen molar-refractivity contribution in [1.29, 1.82) is 0 Å². The molecule has 0 spiro atoms. The Morgan fingerprint density at radius 2 is 2.00 bits per heavy atom. The van der Waals surface area contributed by atoms with Crippen molar-refractivity contribution in [2.75, 3.05) is 13.1 Å². The van der Waals surface area contributed by atoms with Crippen LogP contribution in [0.4, 0.5) is 0 Å². The van der Waals surface area contributed by atoms with Crippen LogP contribution in [0.15, 0.2) is 5.16 Å². The normalized spacial score (nSPS) is 12.9. The lowest BCUT2D eigenvalue weighted by Crippen LogP contribution is -2.40. The predicted molar refractivity (Wildman–Crippen MR) is 63.5 cm³/mol. The van der Waals surface area contributed by atoms with Crippen LogP contribution in [0.5, 0.6) is 0 Å². The molecule has 0 radical (unpaired) electrons. The fraction of sp³-hybridized carbons (Fsp3) is 0.700. The second kappa shape index (κ2) is 8.37. The quantitative estimate of drug-likeness (QED) is 0.207. The number of hydrogen-bond donors (Lipinski definition) is 4. The third kappa shape index (κ3) is 5.74. The summed E-state index contributed by atoms with van der Waals surface area (Å²) in [5.74, 6) is -1.24. The van der Waals surface area contributed by atoms with E-state index in [4.69, 9.17) is 10.9 Å². The highest BCUT2D eigenvalue weighted by Gasteiger charge is 2.20. The molecule has 7 nitrogen and oxygen atoms in total. The van der Waals surface area contributed by atoms with Gasteiger partial charge in [-0.1, -0.05) is 12.1 Å². The van der Waals surface area contributed by atoms with Gasteiger partial charge in [-0.15, -0.1) is 0 Å². The lowest BCUT2D eigenvalue weighted by Gasteiger charge is -2.13. The number of carbonyl (C=O) groups is 2. The van der Waals surface area contributed by atoms with Crippen molar-refractivity contribution in [1.82, 2.24) is 10.6 Å². The van der Waals surface area contributed by atoms with Gasteiger partial charge in [0.05, 0.1) is 5.92 Å². The number of nitrogens with zero attached hydrogens (tertiary/aromatic N) is 1. The van der Waals surface area contributed by atoms with Crippen LogP contribution in [0.2, 0.25) is 0 Å². The summed E-state index contributed by atoms with van der Waals surface area (Å²) in [5.41, 5.74) is 5.37. The number of nitrogens with two attached hydrogens (primary N) is 1. The van der Waals surface area contributed by atoms with E-state index < -0.39 is 5.92 Å². The Morgan fingerprint density at radius 1 is 1.35 bits per heavy atom. The number of nitrogens with one attached hydrogen (secondary N) is 2. The molecule has 0 aromatic carbocycles. The van der Waals surface area contributed by atoms with Gasteiger partial charge in [0.2, 0.25) is 11.8 Å². The first-order valence-corrected chi connectivity index (χ1v) is 5.58. The second-order valence-electron chi connectivity index (χ2n) is 3.48. The van der Waals surface area contributed by atoms with Gasteiger partial charge >= 0.3 is 0 Å². The SMILES string of the molecule is CCNC(=O)CCNC(=O)C(CC)C(N)=NO. The molecule has 0 bridgehead atoms. The maximum atomic E-state index is 11.6. The van der Waals surface area contributed by atoms with Crippen LogP contribution in [0.3, 0.4) is 0 Å². The smallest absolute Gasteiger partial charge is 0.230 e. The fourth-order valence-electron chi connectivity index (χ4n) is 1.31. The first kappa shape index (κ1) is 15.2. The molecule has 0 aliphatic heterocycles. The highest BCUT2D eigenvalue weighted by atomic mass is 16.4. The zero-order valence-corrected chi connectivity index (χ0v) is 10.2. The Kier molecular flexibility index (Phi) is 7.49. The van der Waals surface area contributed by atoms with Gasteiger partial charge < -0.3 is 21.6 Å². The molecular weight excluding hydrogens is 224 g/mol. The Bertz CT molecular complexity index is 291. The van der Waals surface area contributed by atoms with E-state index in [9.17, 15) is 9.59 Å². The summed E-state index contributed by atoms with van der Waals surface area (Å²) in [6.07, 6.45) is 0.648. The topological polar surface area (TPSA) is 117 Å². The predicted octanol–water partition coefficient (Wildman–Crippen LogP) is -0.599. The third-order valence-electron chi connectivity index (χ3n) is 2.22. The van der Waals surface area contributed by atoms with Gasteiger partial charge in [0.25, 0.3) is 0 Å². The van der Waals surface area contributed by atoms with Crippen LogP contribution in [-0.2, 0) is 9.59 Å². The van der Waals surface area contributed by atoms with Crippen LogP contribution in [0, 0.1) is 5.92 Å². The average Bonchev–Trinajstić information content (AvgIpc) is 2.30. The molecule has 98 valence electrons. The minimum atomic E-state index is -0.658. The van der Waals surface area contributed by atoms with Gasteiger partial charge in [-0.05, 0) is 13.3 Å². The number of carbonyl (C=O) groups excluding carboxylic acids is 2. The number of hydrogen-bond acceptors (Lipinski definition) is 4. The van der Waals surface area contributed by atoms with Gasteiger partial charge in [-0.2, -0.15) is 0 Å². The average molecular weight is 244 g/mol. The molecule has 0 saturated heterocycles. The third-order valence-corrected chi connectivity index (χ3v) is 2.22. The van der Waals surface area contributed by atoms with E-state index in [2.05, 4.69) is 15.8 Å². The zero-order chi connectivity index (χ0) is 13.3. The number of rotatable bonds is 7. The van der Waals surface area contributed by atoms with Crippen molar-refractivity contribution in [3.05, 3.63) is 0 Å². The van der Waals surface area contributed by atoms with Gasteiger partial charge in [0.1, 0.15) is 0 Å². The Morgan fingerprint density at radius 3 is 2.47 bits per heavy atom. The van der Waals surface area contributed by atoms with Crippen LogP contribution in [0.25, 0.3) is 0 Å². The highest BCUT2D eigenvalue weighted by Crippen LogP contribution is 2.02. The molecule has 1 atom stereocenters. The molecule has 0 aromatic rings. The van der Waals surface area contributed by atoms with Crippen LogP contribution in [0.1, 0.15) is 26.7 Å². The Balaban J connectivity index is 4.04. The monoisotopic (exact) mass is 244 g/mol. The second-order valence-corrected chi connectivity index (χ2v) is 3.48. The van der Waals surface area contributed by atoms with E-state index >= 15 is 0 Å². The Labute approximate surface area is 100 Å². The highest BCUT2D eigenvalue weighted by molar-refractivity contribution is 6.02. The summed E-state index contributed by atoms with van der Waals surface area (Å²) >= 11 is 0. The summed E-state index contributed by atoms with van der Waals surface area (Å²) in [6, 6.07) is 0. The maximum Gasteiger partial charge on any atom is 0.230 e. The minimum absolute atomic E-state index is 0.121. The molecule has 0 aliphatic carbocycles. The summed E-state index contributed by atoms with van der Waals surface area (Å²) < 4.78 is 0. The van der Waals surface area contributed by atoms with Crippen LogP contribution >= 0.6 is 0 Å². The Hall–Kier alpha value is -1.79. The molecule has 17 heavy (non-hydrogen) atoms. The number of amides is 2. The standard InChI is InChI=1S/C10H20N4O3/c1-3-7(9(11)14-17)10(16)13-6-5-8(15)12-4-2/h7,17H,3-6H2,1-2H3,(H2,11,14)(H,12,15)(H,13,16). The van der Waals surface area contributed by atoms with Gasteiger partial charge in [-0.3, -0.25) is 9.59 Å². The van der Waals surface area contributed by atoms with E-state index in [1.165, 1.54) is 0 Å². The van der Waals surface area contributed by atoms with Crippen molar-refractivity contribution in [3.8, 4) is 0 Å². The van der Waals surface area contributed by atoms with E-state index in [0.29, 0.717) is 13.0 Å². The summed E-state index contributed by atoms with van der Waals surface area (Å²) in [7, 11) is 0. The molecule has 0 saturated carbocycles. The molecule has 2 amide bonds. The molecule has 5 N–H and O–H groups in total. The van der Waals surface area contributed by atoms with Crippen LogP contribution < -0.4 is 16.4 Å². The van der Waals surface area contributed by atoms with Crippen molar-refractivity contribution in [2.45, 2.75) is 26.7 Å². The lowest BCUT2D eigenvalue weighted by atomic mass is 10.0. The number of oxime groups is 1. The minimum Gasteiger partial charge on any atom is -0.409 e. The summed E-state index contributed by atoms with van der Waals surface area (Å²) in [6.45, 7) is 4.38. The molecule has 1 unspecified atom stereocenters. The van der Waals surface area contributed by atoms with E-state index in [1.807, 2.05) is 6.92 Å².